The van der Waals surface area contributed by atoms with Gasteiger partial charge < -0.3 is 10.4 Å². The van der Waals surface area contributed by atoms with Gasteiger partial charge in [-0.3, -0.25) is 0 Å². The van der Waals surface area contributed by atoms with Crippen LogP contribution in [0.1, 0.15) is 45.1 Å². The molecule has 0 heterocycles. The molecule has 0 aromatic heterocycles. The number of benzene rings is 1. The summed E-state index contributed by atoms with van der Waals surface area (Å²) in [6.45, 7) is 4.99. The van der Waals surface area contributed by atoms with Crippen LogP contribution in [-0.4, -0.2) is 17.8 Å². The molecule has 1 aromatic carbocycles. The van der Waals surface area contributed by atoms with E-state index in [1.807, 2.05) is 0 Å². The normalized spacial score (nSPS) is 27.2. The van der Waals surface area contributed by atoms with Gasteiger partial charge >= 0.3 is 0 Å². The van der Waals surface area contributed by atoms with Crippen LogP contribution in [0.15, 0.2) is 24.3 Å². The smallest absolute Gasteiger partial charge is 0.0434 e. The summed E-state index contributed by atoms with van der Waals surface area (Å²) in [7, 11) is 0. The zero-order chi connectivity index (χ0) is 13.7. The van der Waals surface area contributed by atoms with Crippen molar-refractivity contribution in [3.8, 4) is 0 Å². The Morgan fingerprint density at radius 3 is 2.89 bits per heavy atom. The minimum absolute atomic E-state index is 0.273. The molecule has 0 spiro atoms. The number of aliphatic hydroxyl groups is 1. The summed E-state index contributed by atoms with van der Waals surface area (Å²) in [5.41, 5.74) is 2.55. The van der Waals surface area contributed by atoms with Crippen molar-refractivity contribution in [3.63, 3.8) is 0 Å². The van der Waals surface area contributed by atoms with Gasteiger partial charge in [-0.1, -0.05) is 32.4 Å². The van der Waals surface area contributed by atoms with Crippen molar-refractivity contribution in [2.75, 3.05) is 11.9 Å². The van der Waals surface area contributed by atoms with E-state index >= 15 is 0 Å². The van der Waals surface area contributed by atoms with Gasteiger partial charge in [-0.2, -0.15) is 0 Å². The predicted octanol–water partition coefficient (Wildman–Crippen LogP) is 3.85. The first-order valence-corrected chi connectivity index (χ1v) is 7.65. The van der Waals surface area contributed by atoms with Crippen LogP contribution in [0.5, 0.6) is 0 Å². The molecule has 19 heavy (non-hydrogen) atoms. The molecular weight excluding hydrogens is 234 g/mol. The number of hydrogen-bond acceptors (Lipinski definition) is 2. The monoisotopic (exact) mass is 261 g/mol. The van der Waals surface area contributed by atoms with Gasteiger partial charge in [0, 0.05) is 18.3 Å². The van der Waals surface area contributed by atoms with Gasteiger partial charge in [0.05, 0.1) is 0 Å². The first-order chi connectivity index (χ1) is 9.19. The zero-order valence-electron chi connectivity index (χ0n) is 12.2. The fourth-order valence-corrected chi connectivity index (χ4v) is 3.05. The lowest BCUT2D eigenvalue weighted by Gasteiger charge is -2.34. The molecule has 0 saturated heterocycles. The van der Waals surface area contributed by atoms with Crippen LogP contribution in [0.3, 0.4) is 0 Å². The van der Waals surface area contributed by atoms with E-state index in [4.69, 9.17) is 5.11 Å². The molecule has 1 fully saturated rings. The number of aryl methyl sites for hydroxylation is 1. The second kappa shape index (κ2) is 6.95. The molecule has 3 atom stereocenters. The van der Waals surface area contributed by atoms with Gasteiger partial charge in [-0.05, 0) is 55.2 Å². The summed E-state index contributed by atoms with van der Waals surface area (Å²) in [6.07, 6.45) is 5.80. The van der Waals surface area contributed by atoms with Gasteiger partial charge in [-0.25, -0.2) is 0 Å². The summed E-state index contributed by atoms with van der Waals surface area (Å²) >= 11 is 0. The maximum Gasteiger partial charge on any atom is 0.0434 e. The van der Waals surface area contributed by atoms with Gasteiger partial charge in [0.2, 0.25) is 0 Å². The van der Waals surface area contributed by atoms with Crippen molar-refractivity contribution in [2.45, 2.75) is 52.0 Å². The Labute approximate surface area is 117 Å². The molecule has 2 N–H and O–H groups in total. The van der Waals surface area contributed by atoms with E-state index in [1.165, 1.54) is 30.5 Å². The van der Waals surface area contributed by atoms with E-state index in [1.54, 1.807) is 0 Å². The lowest BCUT2D eigenvalue weighted by molar-refractivity contribution is 0.280. The van der Waals surface area contributed by atoms with Crippen LogP contribution in [0, 0.1) is 11.8 Å². The molecule has 1 aliphatic carbocycles. The lowest BCUT2D eigenvalue weighted by Crippen LogP contribution is -2.33. The van der Waals surface area contributed by atoms with E-state index < -0.39 is 0 Å². The molecule has 0 radical (unpaired) electrons. The van der Waals surface area contributed by atoms with Crippen molar-refractivity contribution in [3.05, 3.63) is 29.8 Å². The van der Waals surface area contributed by atoms with Crippen LogP contribution in [0.2, 0.25) is 0 Å². The Hall–Kier alpha value is -1.02. The highest BCUT2D eigenvalue weighted by Gasteiger charge is 2.25. The fourth-order valence-electron chi connectivity index (χ4n) is 3.05. The average Bonchev–Trinajstić information content (AvgIpc) is 2.41. The highest BCUT2D eigenvalue weighted by Crippen LogP contribution is 2.30. The lowest BCUT2D eigenvalue weighted by atomic mass is 9.80. The molecular formula is C17H27NO. The first kappa shape index (κ1) is 14.4. The van der Waals surface area contributed by atoms with Crippen LogP contribution in [0.4, 0.5) is 5.69 Å². The SMILES string of the molecule is CC1CCC(C)C(Nc2cccc(CCCO)c2)C1. The fraction of sp³-hybridized carbons (Fsp3) is 0.647. The highest BCUT2D eigenvalue weighted by molar-refractivity contribution is 5.46. The molecule has 0 aliphatic heterocycles. The third-order valence-corrected chi connectivity index (χ3v) is 4.36. The largest absolute Gasteiger partial charge is 0.396 e. The Balaban J connectivity index is 1.97. The molecule has 0 amide bonds. The van der Waals surface area contributed by atoms with Crippen LogP contribution in [0.25, 0.3) is 0 Å². The second-order valence-electron chi connectivity index (χ2n) is 6.17. The Morgan fingerprint density at radius 1 is 1.26 bits per heavy atom. The second-order valence-corrected chi connectivity index (χ2v) is 6.17. The molecule has 2 heteroatoms. The van der Waals surface area contributed by atoms with Gasteiger partial charge in [0.1, 0.15) is 0 Å². The van der Waals surface area contributed by atoms with Crippen molar-refractivity contribution in [1.82, 2.24) is 0 Å². The van der Waals surface area contributed by atoms with Gasteiger partial charge in [0.15, 0.2) is 0 Å². The van der Waals surface area contributed by atoms with Crippen molar-refractivity contribution in [1.29, 1.82) is 0 Å². The maximum atomic E-state index is 8.91. The Kier molecular flexibility index (Phi) is 5.26. The molecule has 1 saturated carbocycles. The summed E-state index contributed by atoms with van der Waals surface area (Å²) in [5.74, 6) is 1.60. The summed E-state index contributed by atoms with van der Waals surface area (Å²) < 4.78 is 0. The highest BCUT2D eigenvalue weighted by atomic mass is 16.2. The molecule has 106 valence electrons. The molecule has 2 rings (SSSR count). The Morgan fingerprint density at radius 2 is 2.11 bits per heavy atom. The number of rotatable bonds is 5. The summed E-state index contributed by atoms with van der Waals surface area (Å²) in [6, 6.07) is 9.27. The third kappa shape index (κ3) is 4.24. The van der Waals surface area contributed by atoms with Crippen molar-refractivity contribution >= 4 is 5.69 Å². The zero-order valence-corrected chi connectivity index (χ0v) is 12.2. The van der Waals surface area contributed by atoms with E-state index in [0.717, 1.165) is 24.7 Å². The quantitative estimate of drug-likeness (QED) is 0.844. The summed E-state index contributed by atoms with van der Waals surface area (Å²) in [5, 5.41) is 12.6. The van der Waals surface area contributed by atoms with E-state index in [9.17, 15) is 0 Å². The number of anilines is 1. The van der Waals surface area contributed by atoms with Crippen LogP contribution in [-0.2, 0) is 6.42 Å². The van der Waals surface area contributed by atoms with Crippen molar-refractivity contribution in [2.24, 2.45) is 11.8 Å². The van der Waals surface area contributed by atoms with Gasteiger partial charge in [-0.15, -0.1) is 0 Å². The van der Waals surface area contributed by atoms with Crippen LogP contribution >= 0.6 is 0 Å². The molecule has 1 aromatic rings. The third-order valence-electron chi connectivity index (χ3n) is 4.36. The standard InChI is InChI=1S/C17H27NO/c1-13-8-9-14(2)17(11-13)18-16-7-3-5-15(12-16)6-4-10-19/h3,5,7,12-14,17-19H,4,6,8-11H2,1-2H3. The number of hydrogen-bond donors (Lipinski definition) is 2. The maximum absolute atomic E-state index is 8.91. The minimum atomic E-state index is 0.273. The summed E-state index contributed by atoms with van der Waals surface area (Å²) in [4.78, 5) is 0. The molecule has 2 nitrogen and oxygen atoms in total. The first-order valence-electron chi connectivity index (χ1n) is 7.65. The van der Waals surface area contributed by atoms with E-state index in [-0.39, 0.29) is 6.61 Å². The number of aliphatic hydroxyl groups excluding tert-OH is 1. The molecule has 3 unspecified atom stereocenters. The predicted molar refractivity (Wildman–Crippen MR) is 81.4 cm³/mol. The Bertz CT molecular complexity index is 391. The van der Waals surface area contributed by atoms with Crippen molar-refractivity contribution < 1.29 is 5.11 Å². The van der Waals surface area contributed by atoms with Gasteiger partial charge in [0.25, 0.3) is 0 Å². The number of nitrogens with one attached hydrogen (secondary N) is 1. The van der Waals surface area contributed by atoms with Crippen LogP contribution < -0.4 is 5.32 Å². The average molecular weight is 261 g/mol. The topological polar surface area (TPSA) is 32.3 Å². The molecule has 0 bridgehead atoms. The van der Waals surface area contributed by atoms with E-state index in [2.05, 4.69) is 43.4 Å². The van der Waals surface area contributed by atoms with E-state index in [0.29, 0.717) is 6.04 Å². The minimum Gasteiger partial charge on any atom is -0.396 e. The molecule has 1 aliphatic rings.